The highest BCUT2D eigenvalue weighted by molar-refractivity contribution is 5.47. The lowest BCUT2D eigenvalue weighted by molar-refractivity contribution is -0.389. The van der Waals surface area contributed by atoms with Crippen molar-refractivity contribution in [2.24, 2.45) is 0 Å². The van der Waals surface area contributed by atoms with Crippen LogP contribution >= 0.6 is 0 Å². The van der Waals surface area contributed by atoms with Gasteiger partial charge in [0.1, 0.15) is 0 Å². The number of nitro groups is 1. The third-order valence-corrected chi connectivity index (χ3v) is 4.48. The first-order valence-electron chi connectivity index (χ1n) is 7.30. The van der Waals surface area contributed by atoms with Crippen molar-refractivity contribution in [3.8, 4) is 0 Å². The highest BCUT2D eigenvalue weighted by atomic mass is 16.6. The minimum atomic E-state index is -0.454. The van der Waals surface area contributed by atoms with E-state index < -0.39 is 4.92 Å². The maximum Gasteiger partial charge on any atom is 0.363 e. The Morgan fingerprint density at radius 2 is 2.10 bits per heavy atom. The molecule has 6 heteroatoms. The summed E-state index contributed by atoms with van der Waals surface area (Å²) >= 11 is 0. The summed E-state index contributed by atoms with van der Waals surface area (Å²) in [7, 11) is 0. The average Bonchev–Trinajstić information content (AvgIpc) is 2.79. The van der Waals surface area contributed by atoms with Gasteiger partial charge in [0, 0.05) is 30.7 Å². The molecule has 0 spiro atoms. The van der Waals surface area contributed by atoms with Gasteiger partial charge in [-0.15, -0.1) is 0 Å². The van der Waals surface area contributed by atoms with Gasteiger partial charge in [-0.25, -0.2) is 0 Å². The molecule has 1 aromatic rings. The largest absolute Gasteiger partial charge is 0.366 e. The molecule has 2 fully saturated rings. The van der Waals surface area contributed by atoms with E-state index in [9.17, 15) is 10.1 Å². The number of fused-ring (bicyclic) bond motifs is 2. The minimum Gasteiger partial charge on any atom is -0.366 e. The monoisotopic (exact) mass is 276 g/mol. The lowest BCUT2D eigenvalue weighted by atomic mass is 9.98. The van der Waals surface area contributed by atoms with Crippen LogP contribution in [0.3, 0.4) is 0 Å². The molecule has 108 valence electrons. The number of piperidine rings is 1. The number of rotatable bonds is 4. The van der Waals surface area contributed by atoms with Gasteiger partial charge in [0.2, 0.25) is 0 Å². The van der Waals surface area contributed by atoms with Crippen molar-refractivity contribution in [3.63, 3.8) is 0 Å². The van der Waals surface area contributed by atoms with Crippen molar-refractivity contribution in [3.05, 3.63) is 28.4 Å². The third kappa shape index (κ3) is 2.47. The minimum absolute atomic E-state index is 0.0878. The molecule has 20 heavy (non-hydrogen) atoms. The highest BCUT2D eigenvalue weighted by Gasteiger charge is 2.36. The number of hydrogen-bond acceptors (Lipinski definition) is 5. The SMILES string of the molecule is CCN(c1ccc([N+](=O)[O-])nc1)C1CC2CCC(C1)N2. The molecule has 3 rings (SSSR count). The fraction of sp³-hybridized carbons (Fsp3) is 0.643. The van der Waals surface area contributed by atoms with Gasteiger partial charge in [0.25, 0.3) is 0 Å². The van der Waals surface area contributed by atoms with E-state index >= 15 is 0 Å². The van der Waals surface area contributed by atoms with E-state index in [2.05, 4.69) is 22.1 Å². The van der Waals surface area contributed by atoms with Crippen LogP contribution in [0.15, 0.2) is 18.3 Å². The molecule has 1 N–H and O–H groups in total. The van der Waals surface area contributed by atoms with Gasteiger partial charge in [-0.2, -0.15) is 0 Å². The first-order valence-corrected chi connectivity index (χ1v) is 7.30. The van der Waals surface area contributed by atoms with Crippen molar-refractivity contribution in [1.29, 1.82) is 0 Å². The molecule has 2 unspecified atom stereocenters. The standard InChI is InChI=1S/C14H20N4O2/c1-2-17(12-5-6-14(15-9-12)18(19)20)13-7-10-3-4-11(8-13)16-10/h5-6,9-11,13,16H,2-4,7-8H2,1H3. The number of aromatic nitrogens is 1. The van der Waals surface area contributed by atoms with E-state index in [0.717, 1.165) is 25.1 Å². The molecule has 2 bridgehead atoms. The van der Waals surface area contributed by atoms with Crippen LogP contribution in [-0.2, 0) is 0 Å². The molecule has 3 heterocycles. The van der Waals surface area contributed by atoms with E-state index in [1.54, 1.807) is 6.20 Å². The molecule has 2 aliphatic rings. The van der Waals surface area contributed by atoms with E-state index in [1.165, 1.54) is 18.9 Å². The van der Waals surface area contributed by atoms with Gasteiger partial charge in [0.15, 0.2) is 6.20 Å². The number of hydrogen-bond donors (Lipinski definition) is 1. The molecule has 2 aliphatic heterocycles. The molecule has 1 aromatic heterocycles. The molecule has 2 atom stereocenters. The molecule has 2 saturated heterocycles. The Morgan fingerprint density at radius 3 is 2.60 bits per heavy atom. The van der Waals surface area contributed by atoms with Gasteiger partial charge in [0.05, 0.1) is 5.69 Å². The van der Waals surface area contributed by atoms with Gasteiger partial charge in [-0.3, -0.25) is 0 Å². The second-order valence-electron chi connectivity index (χ2n) is 5.68. The van der Waals surface area contributed by atoms with Crippen LogP contribution < -0.4 is 10.2 Å². The fourth-order valence-corrected chi connectivity index (χ4v) is 3.59. The first kappa shape index (κ1) is 13.3. The number of anilines is 1. The Morgan fingerprint density at radius 1 is 1.40 bits per heavy atom. The van der Waals surface area contributed by atoms with Crippen LogP contribution in [0.5, 0.6) is 0 Å². The molecule has 6 nitrogen and oxygen atoms in total. The summed E-state index contributed by atoms with van der Waals surface area (Å²) in [5, 5.41) is 14.3. The average molecular weight is 276 g/mol. The van der Waals surface area contributed by atoms with E-state index in [-0.39, 0.29) is 5.82 Å². The molecule has 0 aromatic carbocycles. The van der Waals surface area contributed by atoms with Crippen molar-refractivity contribution in [2.75, 3.05) is 11.4 Å². The zero-order valence-corrected chi connectivity index (χ0v) is 11.7. The summed E-state index contributed by atoms with van der Waals surface area (Å²) in [5.41, 5.74) is 0.990. The third-order valence-electron chi connectivity index (χ3n) is 4.48. The van der Waals surface area contributed by atoms with Crippen LogP contribution in [-0.4, -0.2) is 34.6 Å². The first-order chi connectivity index (χ1) is 9.67. The maximum absolute atomic E-state index is 10.7. The van der Waals surface area contributed by atoms with Crippen molar-refractivity contribution in [1.82, 2.24) is 10.3 Å². The molecule has 0 radical (unpaired) electrons. The van der Waals surface area contributed by atoms with Crippen LogP contribution in [0.2, 0.25) is 0 Å². The zero-order chi connectivity index (χ0) is 14.1. The summed E-state index contributed by atoms with van der Waals surface area (Å²) in [6.07, 6.45) is 6.49. The van der Waals surface area contributed by atoms with Crippen LogP contribution in [0.1, 0.15) is 32.6 Å². The van der Waals surface area contributed by atoms with Crippen molar-refractivity contribution < 1.29 is 4.92 Å². The van der Waals surface area contributed by atoms with Crippen LogP contribution in [0, 0.1) is 10.1 Å². The predicted molar refractivity (Wildman–Crippen MR) is 76.9 cm³/mol. The molecule has 0 aliphatic carbocycles. The second-order valence-corrected chi connectivity index (χ2v) is 5.68. The summed E-state index contributed by atoms with van der Waals surface area (Å²) < 4.78 is 0. The highest BCUT2D eigenvalue weighted by Crippen LogP contribution is 2.32. The maximum atomic E-state index is 10.7. The molecule has 0 saturated carbocycles. The normalized spacial score (nSPS) is 28.4. The fourth-order valence-electron chi connectivity index (χ4n) is 3.59. The molecule has 0 amide bonds. The number of nitrogens with one attached hydrogen (secondary N) is 1. The Labute approximate surface area is 118 Å². The Balaban J connectivity index is 1.77. The summed E-state index contributed by atoms with van der Waals surface area (Å²) in [4.78, 5) is 16.5. The second kappa shape index (κ2) is 5.36. The quantitative estimate of drug-likeness (QED) is 0.673. The Hall–Kier alpha value is -1.69. The zero-order valence-electron chi connectivity index (χ0n) is 11.7. The Kier molecular flexibility index (Phi) is 3.56. The summed E-state index contributed by atoms with van der Waals surface area (Å²) in [6, 6.07) is 5.10. The van der Waals surface area contributed by atoms with Crippen LogP contribution in [0.25, 0.3) is 0 Å². The molecular formula is C14H20N4O2. The van der Waals surface area contributed by atoms with E-state index in [4.69, 9.17) is 0 Å². The Bertz CT molecular complexity index is 478. The van der Waals surface area contributed by atoms with Gasteiger partial charge in [-0.1, -0.05) is 0 Å². The van der Waals surface area contributed by atoms with Crippen molar-refractivity contribution >= 4 is 11.5 Å². The number of pyridine rings is 1. The van der Waals surface area contributed by atoms with E-state index in [0.29, 0.717) is 18.1 Å². The van der Waals surface area contributed by atoms with Gasteiger partial charge >= 0.3 is 5.82 Å². The summed E-state index contributed by atoms with van der Waals surface area (Å²) in [6.45, 7) is 3.04. The smallest absolute Gasteiger partial charge is 0.363 e. The van der Waals surface area contributed by atoms with Gasteiger partial charge < -0.3 is 20.3 Å². The lowest BCUT2D eigenvalue weighted by Crippen LogP contribution is -2.48. The lowest BCUT2D eigenvalue weighted by Gasteiger charge is -2.38. The van der Waals surface area contributed by atoms with Gasteiger partial charge in [-0.05, 0) is 48.6 Å². The number of nitrogens with zero attached hydrogens (tertiary/aromatic N) is 3. The van der Waals surface area contributed by atoms with E-state index in [1.807, 2.05) is 6.07 Å². The van der Waals surface area contributed by atoms with Crippen molar-refractivity contribution in [2.45, 2.75) is 50.7 Å². The summed E-state index contributed by atoms with van der Waals surface area (Å²) in [5.74, 6) is -0.0878. The topological polar surface area (TPSA) is 71.3 Å². The molecular weight excluding hydrogens is 256 g/mol. The van der Waals surface area contributed by atoms with Crippen LogP contribution in [0.4, 0.5) is 11.5 Å². The predicted octanol–water partition coefficient (Wildman–Crippen LogP) is 2.10.